The number of aryl methyl sites for hydroxylation is 2. The minimum atomic E-state index is -0.278. The molecule has 3 aromatic rings. The molecule has 0 bridgehead atoms. The molecule has 0 aliphatic rings. The fourth-order valence-corrected chi connectivity index (χ4v) is 2.67. The average Bonchev–Trinajstić information content (AvgIpc) is 2.60. The zero-order valence-electron chi connectivity index (χ0n) is 13.7. The van der Waals surface area contributed by atoms with E-state index in [0.29, 0.717) is 0 Å². The van der Waals surface area contributed by atoms with Gasteiger partial charge in [0.05, 0.1) is 6.04 Å². The van der Waals surface area contributed by atoms with Crippen LogP contribution in [0, 0.1) is 13.8 Å². The lowest BCUT2D eigenvalue weighted by Crippen LogP contribution is -2.31. The van der Waals surface area contributed by atoms with Gasteiger partial charge in [-0.3, -0.25) is 4.79 Å². The maximum Gasteiger partial charge on any atom is 0.289 e. The summed E-state index contributed by atoms with van der Waals surface area (Å²) in [7, 11) is 0. The second kappa shape index (κ2) is 7.04. The van der Waals surface area contributed by atoms with Crippen LogP contribution in [-0.2, 0) is 0 Å². The Bertz CT molecular complexity index is 772. The highest BCUT2D eigenvalue weighted by molar-refractivity contribution is 5.91. The Morgan fingerprint density at radius 2 is 1.29 bits per heavy atom. The van der Waals surface area contributed by atoms with Gasteiger partial charge >= 0.3 is 0 Å². The molecule has 1 aromatic heterocycles. The van der Waals surface area contributed by atoms with Crippen LogP contribution < -0.4 is 5.32 Å². The second-order valence-electron chi connectivity index (χ2n) is 5.70. The standard InChI is InChI=1S/C20H19N3O/c1-14-13-15(2)22-19(21-14)20(24)23-18(16-9-5-3-6-10-16)17-11-7-4-8-12-17/h3-13,18H,1-2H3,(H,23,24). The number of nitrogens with zero attached hydrogens (tertiary/aromatic N) is 2. The number of amides is 1. The molecule has 3 rings (SSSR count). The van der Waals surface area contributed by atoms with Gasteiger partial charge in [-0.15, -0.1) is 0 Å². The van der Waals surface area contributed by atoms with Crippen LogP contribution in [-0.4, -0.2) is 15.9 Å². The van der Waals surface area contributed by atoms with E-state index in [0.717, 1.165) is 22.5 Å². The Labute approximate surface area is 141 Å². The Kier molecular flexibility index (Phi) is 4.66. The number of carbonyl (C=O) groups excluding carboxylic acids is 1. The summed E-state index contributed by atoms with van der Waals surface area (Å²) in [5.74, 6) is -0.0798. The van der Waals surface area contributed by atoms with E-state index in [2.05, 4.69) is 15.3 Å². The van der Waals surface area contributed by atoms with Gasteiger partial charge < -0.3 is 5.32 Å². The molecule has 0 saturated carbocycles. The van der Waals surface area contributed by atoms with Crippen molar-refractivity contribution < 1.29 is 4.79 Å². The number of hydrogen-bond donors (Lipinski definition) is 1. The van der Waals surface area contributed by atoms with E-state index >= 15 is 0 Å². The van der Waals surface area contributed by atoms with Crippen molar-refractivity contribution in [2.24, 2.45) is 0 Å². The van der Waals surface area contributed by atoms with Crippen LogP contribution in [0.2, 0.25) is 0 Å². The molecule has 1 amide bonds. The van der Waals surface area contributed by atoms with E-state index in [1.807, 2.05) is 80.6 Å². The minimum Gasteiger partial charge on any atom is -0.338 e. The highest BCUT2D eigenvalue weighted by atomic mass is 16.2. The number of benzene rings is 2. The summed E-state index contributed by atoms with van der Waals surface area (Å²) >= 11 is 0. The average molecular weight is 317 g/mol. The summed E-state index contributed by atoms with van der Waals surface area (Å²) < 4.78 is 0. The predicted octanol–water partition coefficient (Wildman–Crippen LogP) is 3.61. The van der Waals surface area contributed by atoms with Gasteiger partial charge in [0, 0.05) is 11.4 Å². The zero-order valence-corrected chi connectivity index (χ0v) is 13.7. The fourth-order valence-electron chi connectivity index (χ4n) is 2.67. The summed E-state index contributed by atoms with van der Waals surface area (Å²) in [5, 5.41) is 3.06. The molecule has 1 N–H and O–H groups in total. The lowest BCUT2D eigenvalue weighted by atomic mass is 9.99. The summed E-state index contributed by atoms with van der Waals surface area (Å²) in [6, 6.07) is 21.4. The largest absolute Gasteiger partial charge is 0.338 e. The van der Waals surface area contributed by atoms with Gasteiger partial charge in [0.1, 0.15) is 0 Å². The van der Waals surface area contributed by atoms with Gasteiger partial charge in [0.15, 0.2) is 0 Å². The Morgan fingerprint density at radius 1 is 0.833 bits per heavy atom. The maximum atomic E-state index is 12.7. The highest BCUT2D eigenvalue weighted by Gasteiger charge is 2.19. The van der Waals surface area contributed by atoms with Crippen molar-refractivity contribution in [1.82, 2.24) is 15.3 Å². The molecule has 0 unspecified atom stereocenters. The first-order chi connectivity index (χ1) is 11.6. The number of carbonyl (C=O) groups is 1. The Balaban J connectivity index is 1.93. The van der Waals surface area contributed by atoms with Crippen molar-refractivity contribution in [3.05, 3.63) is 95.1 Å². The van der Waals surface area contributed by atoms with Crippen molar-refractivity contribution in [2.45, 2.75) is 19.9 Å². The van der Waals surface area contributed by atoms with E-state index in [9.17, 15) is 4.79 Å². The summed E-state index contributed by atoms with van der Waals surface area (Å²) in [6.45, 7) is 3.72. The molecule has 2 aromatic carbocycles. The predicted molar refractivity (Wildman–Crippen MR) is 93.7 cm³/mol. The van der Waals surface area contributed by atoms with Crippen LogP contribution >= 0.6 is 0 Å². The molecule has 0 aliphatic carbocycles. The smallest absolute Gasteiger partial charge is 0.289 e. The number of aromatic nitrogens is 2. The Morgan fingerprint density at radius 3 is 1.75 bits per heavy atom. The molecule has 4 nitrogen and oxygen atoms in total. The third kappa shape index (κ3) is 3.66. The van der Waals surface area contributed by atoms with Gasteiger partial charge in [-0.1, -0.05) is 60.7 Å². The van der Waals surface area contributed by atoms with Crippen LogP contribution in [0.3, 0.4) is 0 Å². The topological polar surface area (TPSA) is 54.9 Å². The van der Waals surface area contributed by atoms with Crippen LogP contribution in [0.15, 0.2) is 66.7 Å². The molecule has 0 aliphatic heterocycles. The van der Waals surface area contributed by atoms with Gasteiger partial charge in [-0.05, 0) is 31.0 Å². The quantitative estimate of drug-likeness (QED) is 0.799. The summed E-state index contributed by atoms with van der Waals surface area (Å²) in [5.41, 5.74) is 3.59. The SMILES string of the molecule is Cc1cc(C)nc(C(=O)NC(c2ccccc2)c2ccccc2)n1. The summed E-state index contributed by atoms with van der Waals surface area (Å²) in [6.07, 6.45) is 0. The van der Waals surface area contributed by atoms with Crippen molar-refractivity contribution >= 4 is 5.91 Å². The third-order valence-electron chi connectivity index (χ3n) is 3.73. The van der Waals surface area contributed by atoms with Gasteiger partial charge in [0.2, 0.25) is 5.82 Å². The molecule has 0 radical (unpaired) electrons. The first kappa shape index (κ1) is 15.9. The molecule has 120 valence electrons. The lowest BCUT2D eigenvalue weighted by molar-refractivity contribution is 0.0932. The molecular weight excluding hydrogens is 298 g/mol. The zero-order chi connectivity index (χ0) is 16.9. The minimum absolute atomic E-state index is 0.198. The Hall–Kier alpha value is -3.01. The first-order valence-electron chi connectivity index (χ1n) is 7.86. The highest BCUT2D eigenvalue weighted by Crippen LogP contribution is 2.22. The molecule has 0 saturated heterocycles. The molecular formula is C20H19N3O. The number of hydrogen-bond acceptors (Lipinski definition) is 3. The maximum absolute atomic E-state index is 12.7. The first-order valence-corrected chi connectivity index (χ1v) is 7.86. The monoisotopic (exact) mass is 317 g/mol. The van der Waals surface area contributed by atoms with Gasteiger partial charge in [0.25, 0.3) is 5.91 Å². The normalized spacial score (nSPS) is 10.6. The van der Waals surface area contributed by atoms with Crippen LogP contribution in [0.5, 0.6) is 0 Å². The van der Waals surface area contributed by atoms with Crippen molar-refractivity contribution in [3.8, 4) is 0 Å². The van der Waals surface area contributed by atoms with E-state index in [1.54, 1.807) is 0 Å². The van der Waals surface area contributed by atoms with Crippen LogP contribution in [0.1, 0.15) is 39.2 Å². The van der Waals surface area contributed by atoms with Crippen molar-refractivity contribution in [1.29, 1.82) is 0 Å². The molecule has 0 spiro atoms. The van der Waals surface area contributed by atoms with Crippen LogP contribution in [0.25, 0.3) is 0 Å². The molecule has 0 fully saturated rings. The number of nitrogens with one attached hydrogen (secondary N) is 1. The molecule has 1 heterocycles. The van der Waals surface area contributed by atoms with Gasteiger partial charge in [-0.25, -0.2) is 9.97 Å². The van der Waals surface area contributed by atoms with E-state index in [-0.39, 0.29) is 17.8 Å². The van der Waals surface area contributed by atoms with Crippen molar-refractivity contribution in [2.75, 3.05) is 0 Å². The third-order valence-corrected chi connectivity index (χ3v) is 3.73. The molecule has 4 heteroatoms. The fraction of sp³-hybridized carbons (Fsp3) is 0.150. The van der Waals surface area contributed by atoms with E-state index < -0.39 is 0 Å². The second-order valence-corrected chi connectivity index (χ2v) is 5.70. The lowest BCUT2D eigenvalue weighted by Gasteiger charge is -2.19. The molecule has 24 heavy (non-hydrogen) atoms. The number of rotatable bonds is 4. The van der Waals surface area contributed by atoms with E-state index in [4.69, 9.17) is 0 Å². The van der Waals surface area contributed by atoms with Crippen molar-refractivity contribution in [3.63, 3.8) is 0 Å². The summed E-state index contributed by atoms with van der Waals surface area (Å²) in [4.78, 5) is 21.2. The molecule has 0 atom stereocenters. The van der Waals surface area contributed by atoms with Crippen LogP contribution in [0.4, 0.5) is 0 Å². The van der Waals surface area contributed by atoms with Gasteiger partial charge in [-0.2, -0.15) is 0 Å². The van der Waals surface area contributed by atoms with E-state index in [1.165, 1.54) is 0 Å².